The summed E-state index contributed by atoms with van der Waals surface area (Å²) in [6.07, 6.45) is 5.63. The Bertz CT molecular complexity index is 522. The molecule has 1 nitrogen and oxygen atoms in total. The van der Waals surface area contributed by atoms with E-state index >= 15 is 0 Å². The summed E-state index contributed by atoms with van der Waals surface area (Å²) in [7, 11) is 0. The molecule has 0 aromatic heterocycles. The van der Waals surface area contributed by atoms with E-state index < -0.39 is 19.5 Å². The Morgan fingerprint density at radius 1 is 1.00 bits per heavy atom. The maximum absolute atomic E-state index is 6.10. The van der Waals surface area contributed by atoms with Crippen molar-refractivity contribution in [2.24, 2.45) is 5.41 Å². The Morgan fingerprint density at radius 3 is 2.10 bits per heavy atom. The average molecular weight is 363 g/mol. The summed E-state index contributed by atoms with van der Waals surface area (Å²) < 4.78 is 7.64. The van der Waals surface area contributed by atoms with Gasteiger partial charge >= 0.3 is 126 Å². The molecule has 21 heavy (non-hydrogen) atoms. The second kappa shape index (κ2) is 8.43. The zero-order valence-electron chi connectivity index (χ0n) is 13.3. The van der Waals surface area contributed by atoms with E-state index in [1.165, 1.54) is 20.6 Å². The minimum atomic E-state index is -0.518. The van der Waals surface area contributed by atoms with Crippen LogP contribution in [0.15, 0.2) is 39.8 Å². The van der Waals surface area contributed by atoms with Gasteiger partial charge in [0, 0.05) is 0 Å². The normalized spacial score (nSPS) is 13.6. The second-order valence-electron chi connectivity index (χ2n) is 6.28. The fourth-order valence-electron chi connectivity index (χ4n) is 2.42. The van der Waals surface area contributed by atoms with Crippen molar-refractivity contribution in [2.75, 3.05) is 0 Å². The molecule has 0 aliphatic heterocycles. The fourth-order valence-corrected chi connectivity index (χ4v) is 4.18. The van der Waals surface area contributed by atoms with Crippen LogP contribution in [0, 0.1) is 19.3 Å². The van der Waals surface area contributed by atoms with Crippen molar-refractivity contribution in [1.29, 1.82) is 0 Å². The molecule has 0 heterocycles. The van der Waals surface area contributed by atoms with Gasteiger partial charge in [0.2, 0.25) is 0 Å². The molecule has 1 aromatic rings. The van der Waals surface area contributed by atoms with Crippen LogP contribution >= 0.6 is 24.8 Å². The zero-order chi connectivity index (χ0) is 14.0. The fraction of sp³-hybridized carbons (Fsp3) is 0.412. The number of rotatable bonds is 3. The van der Waals surface area contributed by atoms with E-state index in [1.54, 1.807) is 0 Å². The summed E-state index contributed by atoms with van der Waals surface area (Å²) in [5, 5.41) is 0. The quantitative estimate of drug-likeness (QED) is 0.619. The molecule has 2 rings (SSSR count). The first-order valence-corrected chi connectivity index (χ1v) is 8.19. The molecule has 0 fully saturated rings. The van der Waals surface area contributed by atoms with Gasteiger partial charge < -0.3 is 0 Å². The maximum atomic E-state index is 6.10. The summed E-state index contributed by atoms with van der Waals surface area (Å²) in [5.41, 5.74) is 4.27. The Hall–Kier alpha value is -0.206. The van der Waals surface area contributed by atoms with Crippen molar-refractivity contribution in [1.82, 2.24) is 0 Å². The number of benzene rings is 1. The predicted octanol–water partition coefficient (Wildman–Crippen LogP) is 5.78. The van der Waals surface area contributed by atoms with Crippen LogP contribution in [-0.2, 0) is 19.5 Å². The summed E-state index contributed by atoms with van der Waals surface area (Å²) in [4.78, 5) is 0. The summed E-state index contributed by atoms with van der Waals surface area (Å²) in [6, 6.07) is 6.45. The molecule has 0 bridgehead atoms. The summed E-state index contributed by atoms with van der Waals surface area (Å²) >= 11 is -0.518. The van der Waals surface area contributed by atoms with Crippen molar-refractivity contribution in [3.8, 4) is 5.75 Å². The van der Waals surface area contributed by atoms with E-state index in [9.17, 15) is 0 Å². The number of allylic oxidation sites excluding steroid dienone is 4. The van der Waals surface area contributed by atoms with Crippen LogP contribution < -0.4 is 3.32 Å². The smallest absolute Gasteiger partial charge is 0.147 e. The van der Waals surface area contributed by atoms with Crippen LogP contribution in [0.3, 0.4) is 0 Å². The second-order valence-corrected chi connectivity index (χ2v) is 7.86. The molecule has 1 aliphatic carbocycles. The van der Waals surface area contributed by atoms with Gasteiger partial charge in [0.25, 0.3) is 0 Å². The molecule has 1 aromatic carbocycles. The van der Waals surface area contributed by atoms with E-state index in [2.05, 4.69) is 65.0 Å². The Kier molecular flexibility index (Phi) is 8.35. The molecule has 0 saturated heterocycles. The van der Waals surface area contributed by atoms with E-state index in [4.69, 9.17) is 3.32 Å². The summed E-state index contributed by atoms with van der Waals surface area (Å²) in [5.74, 6) is 1.03. The van der Waals surface area contributed by atoms with E-state index in [-0.39, 0.29) is 30.2 Å². The van der Waals surface area contributed by atoms with Crippen LogP contribution in [0.5, 0.6) is 5.75 Å². The van der Waals surface area contributed by atoms with Crippen molar-refractivity contribution in [3.05, 3.63) is 50.9 Å². The molecule has 0 N–H and O–H groups in total. The minimum absolute atomic E-state index is 0. The van der Waals surface area contributed by atoms with E-state index in [1.807, 2.05) is 0 Å². The third kappa shape index (κ3) is 5.83. The minimum Gasteiger partial charge on any atom is -0.147 e. The number of halogens is 2. The van der Waals surface area contributed by atoms with Crippen LogP contribution in [-0.4, -0.2) is 0 Å². The van der Waals surface area contributed by atoms with E-state index in [0.717, 1.165) is 12.2 Å². The van der Waals surface area contributed by atoms with Gasteiger partial charge in [-0.2, -0.15) is 0 Å². The molecule has 4 heteroatoms. The Labute approximate surface area is 150 Å². The zero-order valence-corrected chi connectivity index (χ0v) is 16.5. The van der Waals surface area contributed by atoms with Crippen LogP contribution in [0.2, 0.25) is 0 Å². The average Bonchev–Trinajstić information content (AvgIpc) is 2.72. The molecule has 0 radical (unpaired) electrons. The van der Waals surface area contributed by atoms with Crippen molar-refractivity contribution in [3.63, 3.8) is 0 Å². The van der Waals surface area contributed by atoms with E-state index in [0.29, 0.717) is 0 Å². The van der Waals surface area contributed by atoms with Crippen molar-refractivity contribution in [2.45, 2.75) is 41.0 Å². The monoisotopic (exact) mass is 362 g/mol. The van der Waals surface area contributed by atoms with Crippen molar-refractivity contribution >= 4 is 24.8 Å². The number of hydrogen-bond donors (Lipinski definition) is 0. The van der Waals surface area contributed by atoms with Gasteiger partial charge in [0.1, 0.15) is 0 Å². The van der Waals surface area contributed by atoms with Crippen molar-refractivity contribution < 1.29 is 22.9 Å². The number of hydrogen-bond acceptors (Lipinski definition) is 1. The predicted molar refractivity (Wildman–Crippen MR) is 91.3 cm³/mol. The summed E-state index contributed by atoms with van der Waals surface area (Å²) in [6.45, 7) is 11.1. The van der Waals surface area contributed by atoms with Crippen LogP contribution in [0.4, 0.5) is 0 Å². The third-order valence-corrected chi connectivity index (χ3v) is 4.88. The first-order chi connectivity index (χ1) is 8.86. The van der Waals surface area contributed by atoms with Gasteiger partial charge in [-0.05, 0) is 0 Å². The molecule has 0 spiro atoms. The van der Waals surface area contributed by atoms with Gasteiger partial charge in [0.15, 0.2) is 0 Å². The molecular formula is C17H24Cl2OTi. The van der Waals surface area contributed by atoms with Gasteiger partial charge in [-0.15, -0.1) is 24.8 Å². The molecule has 1 aliphatic rings. The Morgan fingerprint density at radius 2 is 1.57 bits per heavy atom. The van der Waals surface area contributed by atoms with Crippen LogP contribution in [0.25, 0.3) is 0 Å². The third-order valence-electron chi connectivity index (χ3n) is 3.23. The topological polar surface area (TPSA) is 9.23 Å². The molecule has 116 valence electrons. The largest absolute Gasteiger partial charge is 0.147 e. The molecule has 0 atom stereocenters. The molecule has 0 unspecified atom stereocenters. The Balaban J connectivity index is 0.00000200. The van der Waals surface area contributed by atoms with Crippen LogP contribution in [0.1, 0.15) is 38.3 Å². The SMILES string of the molecule is Cc1cc(C)cc([O][Ti][C]2=C(C(C)(C)C)C=CC2)c1.Cl.Cl. The first kappa shape index (κ1) is 20.8. The molecule has 0 saturated carbocycles. The number of aryl methyl sites for hydroxylation is 2. The van der Waals surface area contributed by atoms with Gasteiger partial charge in [-0.1, -0.05) is 0 Å². The van der Waals surface area contributed by atoms with Gasteiger partial charge in [-0.25, -0.2) is 0 Å². The first-order valence-electron chi connectivity index (χ1n) is 6.77. The van der Waals surface area contributed by atoms with Gasteiger partial charge in [0.05, 0.1) is 0 Å². The van der Waals surface area contributed by atoms with Gasteiger partial charge in [-0.3, -0.25) is 0 Å². The molecule has 0 amide bonds. The maximum Gasteiger partial charge on any atom is -0.147 e. The molecular weight excluding hydrogens is 339 g/mol. The standard InChI is InChI=1S/C9H13.C8H10O.2ClH.Ti/c1-9(2,3)8-6-4-5-7-8;1-6-3-7(2)5-8(9)4-6;;;/h4,6H,5H2,1-3H3;3-5,9H,1-2H3;2*1H;/q;;;;+1/p-1.